The number of hydrogen-bond donors (Lipinski definition) is 2. The second-order valence-corrected chi connectivity index (χ2v) is 7.10. The Bertz CT molecular complexity index is 1050. The minimum absolute atomic E-state index is 0.0799. The average molecular weight is 440 g/mol. The highest BCUT2D eigenvalue weighted by atomic mass is 35.5. The number of benzene rings is 1. The molecule has 2 aromatic heterocycles. The van der Waals surface area contributed by atoms with Crippen LogP contribution >= 0.6 is 23.8 Å². The molecule has 29 heavy (non-hydrogen) atoms. The zero-order valence-corrected chi connectivity index (χ0v) is 17.1. The molecular weight excluding hydrogens is 423 g/mol. The molecule has 0 atom stereocenters. The first-order chi connectivity index (χ1) is 13.6. The average Bonchev–Trinajstić information content (AvgIpc) is 2.99. The number of imidazole rings is 1. The quantitative estimate of drug-likeness (QED) is 0.563. The van der Waals surface area contributed by atoms with E-state index in [9.17, 15) is 13.2 Å². The van der Waals surface area contributed by atoms with E-state index in [1.54, 1.807) is 6.20 Å². The lowest BCUT2D eigenvalue weighted by molar-refractivity contribution is -0.137. The molecule has 152 valence electrons. The van der Waals surface area contributed by atoms with E-state index in [2.05, 4.69) is 20.6 Å². The molecule has 0 aliphatic heterocycles. The number of halogens is 4. The maximum atomic E-state index is 12.7. The van der Waals surface area contributed by atoms with E-state index >= 15 is 0 Å². The molecule has 1 aromatic carbocycles. The molecule has 3 rings (SSSR count). The molecule has 10 heteroatoms. The normalized spacial score (nSPS) is 11.4. The number of anilines is 1. The Morgan fingerprint density at radius 3 is 2.59 bits per heavy atom. The number of aryl methyl sites for hydroxylation is 1. The number of rotatable bonds is 4. The van der Waals surface area contributed by atoms with Crippen molar-refractivity contribution >= 4 is 34.6 Å². The van der Waals surface area contributed by atoms with Gasteiger partial charge < -0.3 is 15.2 Å². The highest BCUT2D eigenvalue weighted by Gasteiger charge is 2.31. The zero-order valence-electron chi connectivity index (χ0n) is 15.5. The summed E-state index contributed by atoms with van der Waals surface area (Å²) in [5, 5.41) is 6.15. The smallest absolute Gasteiger partial charge is 0.357 e. The molecule has 0 radical (unpaired) electrons. The van der Waals surface area contributed by atoms with Gasteiger partial charge in [-0.3, -0.25) is 4.98 Å². The van der Waals surface area contributed by atoms with Crippen LogP contribution in [0.5, 0.6) is 0 Å². The van der Waals surface area contributed by atoms with Crippen LogP contribution in [0.4, 0.5) is 18.9 Å². The van der Waals surface area contributed by atoms with Gasteiger partial charge in [-0.25, -0.2) is 4.98 Å². The highest BCUT2D eigenvalue weighted by molar-refractivity contribution is 7.80. The second kappa shape index (κ2) is 8.38. The van der Waals surface area contributed by atoms with E-state index in [0.29, 0.717) is 5.11 Å². The van der Waals surface area contributed by atoms with Gasteiger partial charge in [-0.1, -0.05) is 23.7 Å². The first-order valence-corrected chi connectivity index (χ1v) is 9.29. The summed E-state index contributed by atoms with van der Waals surface area (Å²) >= 11 is 11.2. The third-order valence-electron chi connectivity index (χ3n) is 4.30. The van der Waals surface area contributed by atoms with Gasteiger partial charge in [0, 0.05) is 24.5 Å². The molecule has 0 aliphatic rings. The Morgan fingerprint density at radius 2 is 1.97 bits per heavy atom. The van der Waals surface area contributed by atoms with Crippen LogP contribution in [0.1, 0.15) is 17.1 Å². The predicted molar refractivity (Wildman–Crippen MR) is 111 cm³/mol. The standard InChI is InChI=1S/C19H17ClF3N5S/c1-11-24-10-17(28(11)2)12-4-3-5-14(6-12)27-18(29)26-9-16-15(20)7-13(8-25-16)19(21,22)23/h3-8,10H,9H2,1-2H3,(H2,26,27,29). The van der Waals surface area contributed by atoms with Crippen LogP contribution in [0.15, 0.2) is 42.7 Å². The van der Waals surface area contributed by atoms with E-state index in [1.165, 1.54) is 0 Å². The SMILES string of the molecule is Cc1ncc(-c2cccc(NC(=S)NCc3ncc(C(F)(F)F)cc3Cl)c2)n1C. The van der Waals surface area contributed by atoms with Gasteiger partial charge in [0.15, 0.2) is 5.11 Å². The first kappa shape index (κ1) is 21.1. The Balaban J connectivity index is 1.65. The van der Waals surface area contributed by atoms with E-state index in [0.717, 1.165) is 35.0 Å². The van der Waals surface area contributed by atoms with Gasteiger partial charge in [0.2, 0.25) is 0 Å². The Hall–Kier alpha value is -2.65. The van der Waals surface area contributed by atoms with Crippen molar-refractivity contribution in [1.29, 1.82) is 0 Å². The number of nitrogens with zero attached hydrogens (tertiary/aromatic N) is 3. The van der Waals surface area contributed by atoms with Crippen molar-refractivity contribution in [3.05, 3.63) is 64.8 Å². The number of thiocarbonyl (C=S) groups is 1. The third kappa shape index (κ3) is 5.04. The zero-order chi connectivity index (χ0) is 21.2. The van der Waals surface area contributed by atoms with E-state index in [-0.39, 0.29) is 17.3 Å². The minimum Gasteiger partial charge on any atom is -0.357 e. The van der Waals surface area contributed by atoms with Crippen molar-refractivity contribution in [2.45, 2.75) is 19.6 Å². The number of hydrogen-bond acceptors (Lipinski definition) is 3. The summed E-state index contributed by atoms with van der Waals surface area (Å²) in [5.41, 5.74) is 2.06. The Morgan fingerprint density at radius 1 is 1.21 bits per heavy atom. The van der Waals surface area contributed by atoms with Crippen LogP contribution in [0, 0.1) is 6.92 Å². The van der Waals surface area contributed by atoms with Gasteiger partial charge in [0.1, 0.15) is 5.82 Å². The summed E-state index contributed by atoms with van der Waals surface area (Å²) in [6.45, 7) is 2.01. The fraction of sp³-hybridized carbons (Fsp3) is 0.211. The molecule has 0 unspecified atom stereocenters. The van der Waals surface area contributed by atoms with Crippen LogP contribution in [0.3, 0.4) is 0 Å². The molecule has 0 saturated carbocycles. The number of pyridine rings is 1. The van der Waals surface area contributed by atoms with Gasteiger partial charge in [0.05, 0.1) is 34.7 Å². The van der Waals surface area contributed by atoms with Crippen molar-refractivity contribution in [2.24, 2.45) is 7.05 Å². The lowest BCUT2D eigenvalue weighted by Crippen LogP contribution is -2.28. The van der Waals surface area contributed by atoms with Gasteiger partial charge in [-0.15, -0.1) is 0 Å². The minimum atomic E-state index is -4.49. The largest absolute Gasteiger partial charge is 0.417 e. The maximum absolute atomic E-state index is 12.7. The van der Waals surface area contributed by atoms with Gasteiger partial charge in [0.25, 0.3) is 0 Å². The summed E-state index contributed by atoms with van der Waals surface area (Å²) in [5.74, 6) is 0.900. The Kier molecular flexibility index (Phi) is 6.09. The van der Waals surface area contributed by atoms with Crippen molar-refractivity contribution in [3.63, 3.8) is 0 Å². The first-order valence-electron chi connectivity index (χ1n) is 8.50. The summed E-state index contributed by atoms with van der Waals surface area (Å²) in [7, 11) is 1.94. The summed E-state index contributed by atoms with van der Waals surface area (Å²) in [4.78, 5) is 8.07. The fourth-order valence-corrected chi connectivity index (χ4v) is 3.04. The van der Waals surface area contributed by atoms with Gasteiger partial charge in [-0.2, -0.15) is 13.2 Å². The molecule has 2 heterocycles. The third-order valence-corrected chi connectivity index (χ3v) is 4.87. The van der Waals surface area contributed by atoms with Crippen molar-refractivity contribution < 1.29 is 13.2 Å². The van der Waals surface area contributed by atoms with Crippen LogP contribution in [-0.4, -0.2) is 19.6 Å². The van der Waals surface area contributed by atoms with Crippen molar-refractivity contribution in [1.82, 2.24) is 19.9 Å². The lowest BCUT2D eigenvalue weighted by Gasteiger charge is -2.13. The van der Waals surface area contributed by atoms with Crippen LogP contribution in [0.2, 0.25) is 5.02 Å². The molecule has 0 saturated heterocycles. The summed E-state index contributed by atoms with van der Waals surface area (Å²) in [6.07, 6.45) is -1.95. The predicted octanol–water partition coefficient (Wildman–Crippen LogP) is 4.95. The van der Waals surface area contributed by atoms with Crippen molar-refractivity contribution in [3.8, 4) is 11.3 Å². The topological polar surface area (TPSA) is 54.8 Å². The van der Waals surface area contributed by atoms with Crippen LogP contribution in [0.25, 0.3) is 11.3 Å². The van der Waals surface area contributed by atoms with Crippen molar-refractivity contribution in [2.75, 3.05) is 5.32 Å². The number of aromatic nitrogens is 3. The monoisotopic (exact) mass is 439 g/mol. The maximum Gasteiger partial charge on any atom is 0.417 e. The molecule has 5 nitrogen and oxygen atoms in total. The fourth-order valence-electron chi connectivity index (χ4n) is 2.62. The molecule has 0 fully saturated rings. The lowest BCUT2D eigenvalue weighted by atomic mass is 10.1. The molecule has 0 spiro atoms. The number of nitrogens with one attached hydrogen (secondary N) is 2. The molecule has 0 amide bonds. The summed E-state index contributed by atoms with van der Waals surface area (Å²) < 4.78 is 40.0. The van der Waals surface area contributed by atoms with E-state index in [1.807, 2.05) is 42.8 Å². The second-order valence-electron chi connectivity index (χ2n) is 6.29. The summed E-state index contributed by atoms with van der Waals surface area (Å²) in [6, 6.07) is 8.47. The molecule has 3 aromatic rings. The molecule has 0 bridgehead atoms. The Labute approximate surface area is 175 Å². The molecule has 2 N–H and O–H groups in total. The van der Waals surface area contributed by atoms with Gasteiger partial charge in [-0.05, 0) is 37.3 Å². The van der Waals surface area contributed by atoms with E-state index < -0.39 is 11.7 Å². The van der Waals surface area contributed by atoms with E-state index in [4.69, 9.17) is 23.8 Å². The van der Waals surface area contributed by atoms with Crippen LogP contribution in [-0.2, 0) is 19.8 Å². The molecular formula is C19H17ClF3N5S. The highest BCUT2D eigenvalue weighted by Crippen LogP contribution is 2.31. The van der Waals surface area contributed by atoms with Gasteiger partial charge >= 0.3 is 6.18 Å². The number of alkyl halides is 3. The van der Waals surface area contributed by atoms with Crippen LogP contribution < -0.4 is 10.6 Å². The molecule has 0 aliphatic carbocycles.